The lowest BCUT2D eigenvalue weighted by Crippen LogP contribution is -2.39. The number of hydrogen-bond acceptors (Lipinski definition) is 3. The summed E-state index contributed by atoms with van der Waals surface area (Å²) in [5, 5.41) is 2.83. The third kappa shape index (κ3) is 4.00. The van der Waals surface area contributed by atoms with E-state index in [0.29, 0.717) is 17.8 Å². The number of carbonyl (C=O) groups is 3. The Hall–Kier alpha value is -2.37. The molecule has 1 heterocycles. The smallest absolute Gasteiger partial charge is 0.248 e. The SMILES string of the molecule is CC1CCC(N2CC(C(=O)Nc3ccc(C(N)=O)cc3)CC2=O)CC1. The Balaban J connectivity index is 1.58. The van der Waals surface area contributed by atoms with Crippen LogP contribution in [0, 0.1) is 11.8 Å². The predicted octanol–water partition coefficient (Wildman–Crippen LogP) is 2.15. The molecule has 3 N–H and O–H groups in total. The summed E-state index contributed by atoms with van der Waals surface area (Å²) in [6, 6.07) is 6.74. The fourth-order valence-electron chi connectivity index (χ4n) is 3.78. The van der Waals surface area contributed by atoms with Gasteiger partial charge in [-0.15, -0.1) is 0 Å². The van der Waals surface area contributed by atoms with Gasteiger partial charge in [0, 0.05) is 30.3 Å². The molecule has 3 amide bonds. The maximum absolute atomic E-state index is 12.5. The van der Waals surface area contributed by atoms with E-state index in [9.17, 15) is 14.4 Å². The highest BCUT2D eigenvalue weighted by Gasteiger charge is 2.38. The first kappa shape index (κ1) is 17.5. The molecule has 2 aliphatic rings. The number of anilines is 1. The summed E-state index contributed by atoms with van der Waals surface area (Å²) in [5.41, 5.74) is 6.20. The van der Waals surface area contributed by atoms with E-state index < -0.39 is 5.91 Å². The van der Waals surface area contributed by atoms with Gasteiger partial charge in [-0.3, -0.25) is 14.4 Å². The molecule has 1 atom stereocenters. The first-order valence-electron chi connectivity index (χ1n) is 8.94. The molecule has 1 saturated heterocycles. The molecular formula is C19H25N3O3. The van der Waals surface area contributed by atoms with E-state index in [2.05, 4.69) is 12.2 Å². The third-order valence-corrected chi connectivity index (χ3v) is 5.39. The van der Waals surface area contributed by atoms with Crippen molar-refractivity contribution < 1.29 is 14.4 Å². The van der Waals surface area contributed by atoms with Gasteiger partial charge >= 0.3 is 0 Å². The molecule has 3 rings (SSSR count). The van der Waals surface area contributed by atoms with Gasteiger partial charge in [0.1, 0.15) is 0 Å². The van der Waals surface area contributed by atoms with Crippen LogP contribution < -0.4 is 11.1 Å². The third-order valence-electron chi connectivity index (χ3n) is 5.39. The van der Waals surface area contributed by atoms with Crippen LogP contribution in [-0.4, -0.2) is 35.2 Å². The molecule has 25 heavy (non-hydrogen) atoms. The normalized spacial score (nSPS) is 26.5. The Kier molecular flexibility index (Phi) is 5.06. The van der Waals surface area contributed by atoms with Crippen molar-refractivity contribution in [2.24, 2.45) is 17.6 Å². The summed E-state index contributed by atoms with van der Waals surface area (Å²) in [5.74, 6) is -0.147. The van der Waals surface area contributed by atoms with E-state index in [4.69, 9.17) is 5.73 Å². The monoisotopic (exact) mass is 343 g/mol. The number of carbonyl (C=O) groups excluding carboxylic acids is 3. The number of rotatable bonds is 4. The standard InChI is InChI=1S/C19H25N3O3/c1-12-2-8-16(9-3-12)22-11-14(10-17(22)23)19(25)21-15-6-4-13(5-7-15)18(20)24/h4-7,12,14,16H,2-3,8-11H2,1H3,(H2,20,24)(H,21,25). The van der Waals surface area contributed by atoms with Gasteiger partial charge < -0.3 is 16.0 Å². The summed E-state index contributed by atoms with van der Waals surface area (Å²) >= 11 is 0. The maximum Gasteiger partial charge on any atom is 0.248 e. The minimum Gasteiger partial charge on any atom is -0.366 e. The first-order chi connectivity index (χ1) is 11.9. The summed E-state index contributed by atoms with van der Waals surface area (Å²) in [6.45, 7) is 2.75. The van der Waals surface area contributed by atoms with E-state index in [0.717, 1.165) is 31.6 Å². The van der Waals surface area contributed by atoms with Crippen molar-refractivity contribution in [3.8, 4) is 0 Å². The van der Waals surface area contributed by atoms with Crippen molar-refractivity contribution in [3.05, 3.63) is 29.8 Å². The second kappa shape index (κ2) is 7.25. The highest BCUT2D eigenvalue weighted by molar-refractivity contribution is 5.98. The Morgan fingerprint density at radius 3 is 2.36 bits per heavy atom. The summed E-state index contributed by atoms with van der Waals surface area (Å²) in [6.07, 6.45) is 4.65. The molecule has 6 nitrogen and oxygen atoms in total. The quantitative estimate of drug-likeness (QED) is 0.877. The molecule has 0 spiro atoms. The molecule has 1 aromatic carbocycles. The van der Waals surface area contributed by atoms with Crippen molar-refractivity contribution in [2.75, 3.05) is 11.9 Å². The molecule has 1 aliphatic heterocycles. The first-order valence-corrected chi connectivity index (χ1v) is 8.94. The van der Waals surface area contributed by atoms with Crippen LogP contribution in [0.5, 0.6) is 0 Å². The number of hydrogen-bond donors (Lipinski definition) is 2. The zero-order valence-electron chi connectivity index (χ0n) is 14.5. The lowest BCUT2D eigenvalue weighted by atomic mass is 9.87. The van der Waals surface area contributed by atoms with Crippen LogP contribution in [0.3, 0.4) is 0 Å². The van der Waals surface area contributed by atoms with Crippen molar-refractivity contribution in [2.45, 2.75) is 45.1 Å². The number of nitrogens with zero attached hydrogens (tertiary/aromatic N) is 1. The zero-order chi connectivity index (χ0) is 18.0. The van der Waals surface area contributed by atoms with Gasteiger partial charge in [-0.25, -0.2) is 0 Å². The zero-order valence-corrected chi connectivity index (χ0v) is 14.5. The topological polar surface area (TPSA) is 92.5 Å². The molecule has 0 aromatic heterocycles. The van der Waals surface area contributed by atoms with Crippen LogP contribution in [0.25, 0.3) is 0 Å². The van der Waals surface area contributed by atoms with Crippen molar-refractivity contribution in [3.63, 3.8) is 0 Å². The average Bonchev–Trinajstić information content (AvgIpc) is 2.98. The van der Waals surface area contributed by atoms with E-state index in [1.54, 1.807) is 24.3 Å². The largest absolute Gasteiger partial charge is 0.366 e. The van der Waals surface area contributed by atoms with Gasteiger partial charge in [-0.05, 0) is 55.9 Å². The van der Waals surface area contributed by atoms with Gasteiger partial charge in [-0.2, -0.15) is 0 Å². The van der Waals surface area contributed by atoms with Crippen LogP contribution in [0.4, 0.5) is 5.69 Å². The van der Waals surface area contributed by atoms with E-state index in [1.807, 2.05) is 4.90 Å². The highest BCUT2D eigenvalue weighted by Crippen LogP contribution is 2.31. The fraction of sp³-hybridized carbons (Fsp3) is 0.526. The number of nitrogens with two attached hydrogens (primary N) is 1. The average molecular weight is 343 g/mol. The van der Waals surface area contributed by atoms with E-state index >= 15 is 0 Å². The van der Waals surface area contributed by atoms with Crippen molar-refractivity contribution >= 4 is 23.4 Å². The van der Waals surface area contributed by atoms with Crippen molar-refractivity contribution in [1.29, 1.82) is 0 Å². The predicted molar refractivity (Wildman–Crippen MR) is 94.8 cm³/mol. The minimum absolute atomic E-state index is 0.0868. The minimum atomic E-state index is -0.503. The summed E-state index contributed by atoms with van der Waals surface area (Å²) < 4.78 is 0. The molecule has 134 valence electrons. The van der Waals surface area contributed by atoms with Crippen molar-refractivity contribution in [1.82, 2.24) is 4.90 Å². The van der Waals surface area contributed by atoms with Crippen LogP contribution in [0.15, 0.2) is 24.3 Å². The van der Waals surface area contributed by atoms with Gasteiger partial charge in [0.25, 0.3) is 0 Å². The van der Waals surface area contributed by atoms with Crippen LogP contribution in [0.2, 0.25) is 0 Å². The van der Waals surface area contributed by atoms with E-state index in [1.165, 1.54) is 0 Å². The van der Waals surface area contributed by atoms with Gasteiger partial charge in [0.2, 0.25) is 17.7 Å². The Morgan fingerprint density at radius 1 is 1.12 bits per heavy atom. The van der Waals surface area contributed by atoms with Gasteiger partial charge in [-0.1, -0.05) is 6.92 Å². The lowest BCUT2D eigenvalue weighted by Gasteiger charge is -2.33. The molecule has 1 aliphatic carbocycles. The second-order valence-electron chi connectivity index (χ2n) is 7.29. The number of amides is 3. The van der Waals surface area contributed by atoms with Crippen LogP contribution in [-0.2, 0) is 9.59 Å². The Labute approximate surface area is 147 Å². The van der Waals surface area contributed by atoms with Crippen LogP contribution in [0.1, 0.15) is 49.4 Å². The lowest BCUT2D eigenvalue weighted by molar-refractivity contribution is -0.130. The Morgan fingerprint density at radius 2 is 1.76 bits per heavy atom. The molecule has 0 radical (unpaired) electrons. The van der Waals surface area contributed by atoms with Gasteiger partial charge in [0.15, 0.2) is 0 Å². The number of nitrogens with one attached hydrogen (secondary N) is 1. The number of likely N-dealkylation sites (tertiary alicyclic amines) is 1. The van der Waals surface area contributed by atoms with Crippen LogP contribution >= 0.6 is 0 Å². The molecule has 6 heteroatoms. The molecule has 1 aromatic rings. The second-order valence-corrected chi connectivity index (χ2v) is 7.29. The maximum atomic E-state index is 12.5. The fourth-order valence-corrected chi connectivity index (χ4v) is 3.78. The number of benzene rings is 1. The van der Waals surface area contributed by atoms with Gasteiger partial charge in [0.05, 0.1) is 5.92 Å². The van der Waals surface area contributed by atoms with E-state index in [-0.39, 0.29) is 30.2 Å². The number of primary amides is 1. The molecule has 1 saturated carbocycles. The highest BCUT2D eigenvalue weighted by atomic mass is 16.2. The molecule has 0 bridgehead atoms. The molecular weight excluding hydrogens is 318 g/mol. The summed E-state index contributed by atoms with van der Waals surface area (Å²) in [4.78, 5) is 37.8. The molecule has 2 fully saturated rings. The Bertz CT molecular complexity index is 663. The summed E-state index contributed by atoms with van der Waals surface area (Å²) in [7, 11) is 0. The molecule has 1 unspecified atom stereocenters.